The second-order valence-electron chi connectivity index (χ2n) is 2.01. The van der Waals surface area contributed by atoms with Crippen LogP contribution in [-0.4, -0.2) is 43.2 Å². The van der Waals surface area contributed by atoms with Crippen LogP contribution in [0.15, 0.2) is 0 Å². The first kappa shape index (κ1) is 14.3. The molecular weight excluding hydrogens is 160 g/mol. The average molecular weight is 180 g/mol. The van der Waals surface area contributed by atoms with E-state index in [-0.39, 0.29) is 13.2 Å². The molecule has 5 N–H and O–H groups in total. The number of nitrogens with two attached hydrogens (primary N) is 1. The molecular formula is C7H20N2O3. The largest absolute Gasteiger partial charge is 0.394 e. The molecule has 0 aromatic heterocycles. The van der Waals surface area contributed by atoms with Gasteiger partial charge in [-0.15, -0.1) is 0 Å². The van der Waals surface area contributed by atoms with Crippen LogP contribution < -0.4 is 11.3 Å². The summed E-state index contributed by atoms with van der Waals surface area (Å²) in [5.74, 6) is 4.89. The summed E-state index contributed by atoms with van der Waals surface area (Å²) in [7, 11) is 0. The lowest BCUT2D eigenvalue weighted by Gasteiger charge is -1.94. The van der Waals surface area contributed by atoms with E-state index in [0.717, 1.165) is 13.0 Å². The highest BCUT2D eigenvalue weighted by Crippen LogP contribution is 1.68. The van der Waals surface area contributed by atoms with Crippen molar-refractivity contribution in [3.05, 3.63) is 0 Å². The van der Waals surface area contributed by atoms with Crippen molar-refractivity contribution in [1.29, 1.82) is 0 Å². The maximum atomic E-state index is 8.09. The second-order valence-corrected chi connectivity index (χ2v) is 2.01. The van der Waals surface area contributed by atoms with Crippen LogP contribution in [-0.2, 0) is 4.74 Å². The van der Waals surface area contributed by atoms with Crippen LogP contribution in [0.2, 0.25) is 0 Å². The van der Waals surface area contributed by atoms with Crippen molar-refractivity contribution in [3.8, 4) is 0 Å². The van der Waals surface area contributed by atoms with Crippen molar-refractivity contribution in [1.82, 2.24) is 5.43 Å². The first-order chi connectivity index (χ1) is 5.83. The Morgan fingerprint density at radius 1 is 1.25 bits per heavy atom. The number of hydrogen-bond acceptors (Lipinski definition) is 5. The fourth-order valence-electron chi connectivity index (χ4n) is 0.375. The molecule has 0 aromatic carbocycles. The first-order valence-corrected chi connectivity index (χ1v) is 4.06. The standard InChI is InChI=1S/C4H10O3.C3H10N2/c5-1-3-7-4-2-6;1-2-3-5-4/h5-6H,1-4H2;5H,2-4H2,1H3. The van der Waals surface area contributed by atoms with Gasteiger partial charge in [-0.25, -0.2) is 0 Å². The molecule has 0 rings (SSSR count). The van der Waals surface area contributed by atoms with Gasteiger partial charge >= 0.3 is 0 Å². The molecule has 0 bridgehead atoms. The normalized spacial score (nSPS) is 9.00. The summed E-state index contributed by atoms with van der Waals surface area (Å²) in [5.41, 5.74) is 2.52. The van der Waals surface area contributed by atoms with E-state index in [9.17, 15) is 0 Å². The van der Waals surface area contributed by atoms with Gasteiger partial charge in [-0.2, -0.15) is 0 Å². The van der Waals surface area contributed by atoms with Gasteiger partial charge in [0.15, 0.2) is 0 Å². The van der Waals surface area contributed by atoms with Crippen molar-refractivity contribution < 1.29 is 14.9 Å². The van der Waals surface area contributed by atoms with Gasteiger partial charge in [0.25, 0.3) is 0 Å². The van der Waals surface area contributed by atoms with Gasteiger partial charge < -0.3 is 14.9 Å². The molecule has 5 heteroatoms. The Morgan fingerprint density at radius 2 is 1.75 bits per heavy atom. The highest BCUT2D eigenvalue weighted by molar-refractivity contribution is 4.25. The maximum Gasteiger partial charge on any atom is 0.0698 e. The Hall–Kier alpha value is -0.200. The molecule has 0 saturated carbocycles. The van der Waals surface area contributed by atoms with Gasteiger partial charge in [0.05, 0.1) is 26.4 Å². The van der Waals surface area contributed by atoms with Crippen molar-refractivity contribution in [2.75, 3.05) is 33.0 Å². The topological polar surface area (TPSA) is 87.7 Å². The van der Waals surface area contributed by atoms with Crippen molar-refractivity contribution in [3.63, 3.8) is 0 Å². The first-order valence-electron chi connectivity index (χ1n) is 4.06. The summed E-state index contributed by atoms with van der Waals surface area (Å²) >= 11 is 0. The molecule has 5 nitrogen and oxygen atoms in total. The SMILES string of the molecule is CCCNN.OCCOCCO. The van der Waals surface area contributed by atoms with Gasteiger partial charge in [-0.1, -0.05) is 6.92 Å². The minimum absolute atomic E-state index is 0.0278. The van der Waals surface area contributed by atoms with Crippen molar-refractivity contribution >= 4 is 0 Å². The molecule has 0 saturated heterocycles. The third-order valence-corrected chi connectivity index (χ3v) is 0.866. The zero-order chi connectivity index (χ0) is 9.66. The molecule has 0 unspecified atom stereocenters. The maximum absolute atomic E-state index is 8.09. The molecule has 0 fully saturated rings. The Morgan fingerprint density at radius 3 is 1.92 bits per heavy atom. The zero-order valence-electron chi connectivity index (χ0n) is 7.62. The van der Waals surface area contributed by atoms with E-state index in [4.69, 9.17) is 16.1 Å². The van der Waals surface area contributed by atoms with Crippen molar-refractivity contribution in [2.45, 2.75) is 13.3 Å². The van der Waals surface area contributed by atoms with Crippen LogP contribution in [0, 0.1) is 0 Å². The summed E-state index contributed by atoms with van der Waals surface area (Å²) in [6.07, 6.45) is 1.11. The van der Waals surface area contributed by atoms with Gasteiger partial charge in [-0.3, -0.25) is 11.3 Å². The Balaban J connectivity index is 0. The Labute approximate surface area is 73.5 Å². The fraction of sp³-hybridized carbons (Fsp3) is 1.00. The van der Waals surface area contributed by atoms with Crippen LogP contribution in [0.4, 0.5) is 0 Å². The molecule has 12 heavy (non-hydrogen) atoms. The summed E-state index contributed by atoms with van der Waals surface area (Å²) in [6, 6.07) is 0. The van der Waals surface area contributed by atoms with Gasteiger partial charge in [0, 0.05) is 6.54 Å². The molecule has 0 amide bonds. The summed E-state index contributed by atoms with van der Waals surface area (Å²) in [5, 5.41) is 16.2. The monoisotopic (exact) mass is 180 g/mol. The van der Waals surface area contributed by atoms with E-state index in [1.54, 1.807) is 0 Å². The Kier molecular flexibility index (Phi) is 20.4. The zero-order valence-corrected chi connectivity index (χ0v) is 7.62. The molecule has 76 valence electrons. The Bertz CT molecular complexity index is 58.6. The third-order valence-electron chi connectivity index (χ3n) is 0.866. The lowest BCUT2D eigenvalue weighted by Crippen LogP contribution is -2.21. The van der Waals surface area contributed by atoms with Gasteiger partial charge in [0.1, 0.15) is 0 Å². The van der Waals surface area contributed by atoms with Crippen LogP contribution >= 0.6 is 0 Å². The summed E-state index contributed by atoms with van der Waals surface area (Å²) in [6.45, 7) is 3.68. The van der Waals surface area contributed by atoms with E-state index in [1.165, 1.54) is 0 Å². The van der Waals surface area contributed by atoms with Crippen LogP contribution in [0.5, 0.6) is 0 Å². The summed E-state index contributed by atoms with van der Waals surface area (Å²) < 4.78 is 4.63. The predicted octanol–water partition coefficient (Wildman–Crippen LogP) is -1.15. The molecule has 0 radical (unpaired) electrons. The molecule has 0 aliphatic heterocycles. The quantitative estimate of drug-likeness (QED) is 0.235. The lowest BCUT2D eigenvalue weighted by molar-refractivity contribution is 0.0650. The number of rotatable bonds is 6. The van der Waals surface area contributed by atoms with Crippen molar-refractivity contribution in [2.24, 2.45) is 5.84 Å². The van der Waals surface area contributed by atoms with E-state index < -0.39 is 0 Å². The van der Waals surface area contributed by atoms with E-state index in [0.29, 0.717) is 13.2 Å². The number of nitrogens with one attached hydrogen (secondary N) is 1. The summed E-state index contributed by atoms with van der Waals surface area (Å²) in [4.78, 5) is 0. The molecule has 0 aliphatic carbocycles. The van der Waals surface area contributed by atoms with Gasteiger partial charge in [0.2, 0.25) is 0 Å². The lowest BCUT2D eigenvalue weighted by atomic mass is 10.5. The fourth-order valence-corrected chi connectivity index (χ4v) is 0.375. The van der Waals surface area contributed by atoms with E-state index in [1.807, 2.05) is 0 Å². The smallest absolute Gasteiger partial charge is 0.0698 e. The highest BCUT2D eigenvalue weighted by Gasteiger charge is 1.79. The minimum atomic E-state index is 0.0278. The number of aliphatic hydroxyl groups excluding tert-OH is 2. The number of hydrazine groups is 1. The molecule has 0 aromatic rings. The predicted molar refractivity (Wildman–Crippen MR) is 47.5 cm³/mol. The van der Waals surface area contributed by atoms with E-state index >= 15 is 0 Å². The average Bonchev–Trinajstić information content (AvgIpc) is 2.08. The van der Waals surface area contributed by atoms with Crippen LogP contribution in [0.3, 0.4) is 0 Å². The molecule has 0 aliphatic rings. The molecule has 0 atom stereocenters. The van der Waals surface area contributed by atoms with E-state index in [2.05, 4.69) is 17.1 Å². The molecule has 0 heterocycles. The van der Waals surface area contributed by atoms with Crippen LogP contribution in [0.1, 0.15) is 13.3 Å². The van der Waals surface area contributed by atoms with Crippen LogP contribution in [0.25, 0.3) is 0 Å². The van der Waals surface area contributed by atoms with Gasteiger partial charge in [-0.05, 0) is 6.42 Å². The third kappa shape index (κ3) is 22.6. The number of hydrogen-bond donors (Lipinski definition) is 4. The number of aliphatic hydroxyl groups is 2. The number of ether oxygens (including phenoxy) is 1. The minimum Gasteiger partial charge on any atom is -0.394 e. The molecule has 0 spiro atoms. The second kappa shape index (κ2) is 17.0. The highest BCUT2D eigenvalue weighted by atomic mass is 16.5.